The van der Waals surface area contributed by atoms with Crippen LogP contribution in [-0.4, -0.2) is 33.6 Å². The first-order valence-electron chi connectivity index (χ1n) is 7.99. The number of amides is 1. The molecule has 0 unspecified atom stereocenters. The molecule has 0 aliphatic carbocycles. The Hall–Kier alpha value is -3.22. The third-order valence-corrected chi connectivity index (χ3v) is 4.85. The molecule has 3 aromatic rings. The summed E-state index contributed by atoms with van der Waals surface area (Å²) < 4.78 is 6.59. The lowest BCUT2D eigenvalue weighted by atomic mass is 10.2. The number of nitrogen functional groups attached to an aromatic ring is 1. The van der Waals surface area contributed by atoms with Crippen LogP contribution in [0, 0.1) is 11.3 Å². The third kappa shape index (κ3) is 4.36. The molecule has 0 atom stereocenters. The van der Waals surface area contributed by atoms with Crippen LogP contribution in [0.15, 0.2) is 47.6 Å². The highest BCUT2D eigenvalue weighted by atomic mass is 35.5. The number of halogens is 1. The SMILES string of the molecule is COc1ccc(Cl)cc1-c1nnc(SCC(=O)Nc2cccc(C#N)c2)n1N. The molecule has 0 fully saturated rings. The number of rotatable bonds is 6. The predicted molar refractivity (Wildman–Crippen MR) is 108 cm³/mol. The van der Waals surface area contributed by atoms with Gasteiger partial charge in [0.05, 0.1) is 30.1 Å². The Morgan fingerprint density at radius 3 is 2.93 bits per heavy atom. The van der Waals surface area contributed by atoms with Gasteiger partial charge < -0.3 is 15.9 Å². The molecular formula is C18H15ClN6O2S. The van der Waals surface area contributed by atoms with Gasteiger partial charge in [-0.15, -0.1) is 10.2 Å². The van der Waals surface area contributed by atoms with Gasteiger partial charge in [0.25, 0.3) is 0 Å². The lowest BCUT2D eigenvalue weighted by Crippen LogP contribution is -2.16. The molecule has 0 radical (unpaired) electrons. The summed E-state index contributed by atoms with van der Waals surface area (Å²) in [6, 6.07) is 13.8. The van der Waals surface area contributed by atoms with Crippen molar-refractivity contribution >= 4 is 35.0 Å². The van der Waals surface area contributed by atoms with Gasteiger partial charge in [0.1, 0.15) is 5.75 Å². The molecule has 0 aliphatic rings. The second-order valence-corrected chi connectivity index (χ2v) is 6.93. The van der Waals surface area contributed by atoms with Crippen molar-refractivity contribution < 1.29 is 9.53 Å². The number of hydrogen-bond donors (Lipinski definition) is 2. The Morgan fingerprint density at radius 2 is 2.18 bits per heavy atom. The number of aromatic nitrogens is 3. The number of nitrogens with one attached hydrogen (secondary N) is 1. The van der Waals surface area contributed by atoms with Gasteiger partial charge in [-0.2, -0.15) is 5.26 Å². The van der Waals surface area contributed by atoms with Gasteiger partial charge in [-0.05, 0) is 36.4 Å². The van der Waals surface area contributed by atoms with E-state index >= 15 is 0 Å². The second-order valence-electron chi connectivity index (χ2n) is 5.55. The van der Waals surface area contributed by atoms with E-state index in [-0.39, 0.29) is 11.7 Å². The van der Waals surface area contributed by atoms with E-state index < -0.39 is 0 Å². The number of thioether (sulfide) groups is 1. The van der Waals surface area contributed by atoms with Crippen molar-refractivity contribution in [1.29, 1.82) is 5.26 Å². The first kappa shape index (κ1) is 19.5. The van der Waals surface area contributed by atoms with Crippen LogP contribution < -0.4 is 15.9 Å². The number of anilines is 1. The summed E-state index contributed by atoms with van der Waals surface area (Å²) in [5.74, 6) is 6.81. The van der Waals surface area contributed by atoms with Crippen LogP contribution >= 0.6 is 23.4 Å². The summed E-state index contributed by atoms with van der Waals surface area (Å²) in [5, 5.41) is 20.6. The van der Waals surface area contributed by atoms with Crippen molar-refractivity contribution in [2.75, 3.05) is 24.0 Å². The smallest absolute Gasteiger partial charge is 0.234 e. The van der Waals surface area contributed by atoms with E-state index in [4.69, 9.17) is 27.4 Å². The average molecular weight is 415 g/mol. The maximum atomic E-state index is 12.2. The summed E-state index contributed by atoms with van der Waals surface area (Å²) in [6.07, 6.45) is 0. The maximum absolute atomic E-state index is 12.2. The number of nitrogens with zero attached hydrogens (tertiary/aromatic N) is 4. The molecule has 10 heteroatoms. The van der Waals surface area contributed by atoms with Crippen molar-refractivity contribution in [1.82, 2.24) is 14.9 Å². The van der Waals surface area contributed by atoms with Crippen LogP contribution in [0.1, 0.15) is 5.56 Å². The quantitative estimate of drug-likeness (QED) is 0.470. The summed E-state index contributed by atoms with van der Waals surface area (Å²) in [6.45, 7) is 0. The van der Waals surface area contributed by atoms with E-state index in [0.717, 1.165) is 11.8 Å². The summed E-state index contributed by atoms with van der Waals surface area (Å²) in [7, 11) is 1.53. The van der Waals surface area contributed by atoms with Gasteiger partial charge in [-0.1, -0.05) is 29.4 Å². The molecule has 8 nitrogen and oxygen atoms in total. The zero-order valence-corrected chi connectivity index (χ0v) is 16.3. The van der Waals surface area contributed by atoms with E-state index in [9.17, 15) is 4.79 Å². The number of nitrogens with two attached hydrogens (primary N) is 1. The lowest BCUT2D eigenvalue weighted by Gasteiger charge is -2.09. The van der Waals surface area contributed by atoms with Crippen molar-refractivity contribution in [3.05, 3.63) is 53.1 Å². The number of carbonyl (C=O) groups is 1. The molecule has 28 heavy (non-hydrogen) atoms. The summed E-state index contributed by atoms with van der Waals surface area (Å²) in [4.78, 5) is 12.2. The van der Waals surface area contributed by atoms with E-state index in [0.29, 0.717) is 38.6 Å². The van der Waals surface area contributed by atoms with Crippen LogP contribution in [0.25, 0.3) is 11.4 Å². The number of carbonyl (C=O) groups excluding carboxylic acids is 1. The number of benzene rings is 2. The Kier molecular flexibility index (Phi) is 6.03. The van der Waals surface area contributed by atoms with Gasteiger partial charge in [-0.3, -0.25) is 4.79 Å². The molecule has 142 valence electrons. The normalized spacial score (nSPS) is 10.3. The van der Waals surface area contributed by atoms with E-state index in [1.165, 1.54) is 11.8 Å². The van der Waals surface area contributed by atoms with Crippen molar-refractivity contribution in [3.63, 3.8) is 0 Å². The number of ether oxygens (including phenoxy) is 1. The van der Waals surface area contributed by atoms with Crippen LogP contribution in [-0.2, 0) is 4.79 Å². The summed E-state index contributed by atoms with van der Waals surface area (Å²) in [5.41, 5.74) is 1.60. The Balaban J connectivity index is 1.70. The number of hydrogen-bond acceptors (Lipinski definition) is 7. The minimum Gasteiger partial charge on any atom is -0.496 e. The van der Waals surface area contributed by atoms with E-state index in [2.05, 4.69) is 15.5 Å². The number of nitriles is 1. The highest BCUT2D eigenvalue weighted by molar-refractivity contribution is 7.99. The highest BCUT2D eigenvalue weighted by Gasteiger charge is 2.17. The van der Waals surface area contributed by atoms with Gasteiger partial charge in [-0.25, -0.2) is 4.68 Å². The Labute approximate surface area is 170 Å². The molecule has 0 saturated heterocycles. The predicted octanol–water partition coefficient (Wildman–Crippen LogP) is 2.92. The Bertz CT molecular complexity index is 1060. The van der Waals surface area contributed by atoms with Crippen molar-refractivity contribution in [3.8, 4) is 23.2 Å². The Morgan fingerprint density at radius 1 is 1.36 bits per heavy atom. The van der Waals surface area contributed by atoms with E-state index in [1.807, 2.05) is 6.07 Å². The third-order valence-electron chi connectivity index (χ3n) is 3.67. The van der Waals surface area contributed by atoms with Crippen molar-refractivity contribution in [2.24, 2.45) is 0 Å². The molecular weight excluding hydrogens is 400 g/mol. The van der Waals surface area contributed by atoms with Crippen LogP contribution in [0.3, 0.4) is 0 Å². The fraction of sp³-hybridized carbons (Fsp3) is 0.111. The van der Waals surface area contributed by atoms with Crippen LogP contribution in [0.5, 0.6) is 5.75 Å². The minimum absolute atomic E-state index is 0.0682. The molecule has 0 saturated carbocycles. The fourth-order valence-corrected chi connectivity index (χ4v) is 3.24. The largest absolute Gasteiger partial charge is 0.496 e. The molecule has 1 aromatic heterocycles. The first-order valence-corrected chi connectivity index (χ1v) is 9.35. The zero-order valence-electron chi connectivity index (χ0n) is 14.7. The van der Waals surface area contributed by atoms with Crippen LogP contribution in [0.2, 0.25) is 5.02 Å². The minimum atomic E-state index is -0.259. The van der Waals surface area contributed by atoms with Gasteiger partial charge in [0.2, 0.25) is 11.1 Å². The monoisotopic (exact) mass is 414 g/mol. The average Bonchev–Trinajstić information content (AvgIpc) is 3.06. The maximum Gasteiger partial charge on any atom is 0.234 e. The van der Waals surface area contributed by atoms with E-state index in [1.54, 1.807) is 42.5 Å². The van der Waals surface area contributed by atoms with Gasteiger partial charge in [0.15, 0.2) is 5.82 Å². The molecule has 2 aromatic carbocycles. The van der Waals surface area contributed by atoms with Crippen molar-refractivity contribution in [2.45, 2.75) is 5.16 Å². The first-order chi connectivity index (χ1) is 13.5. The van der Waals surface area contributed by atoms with Gasteiger partial charge in [0, 0.05) is 10.7 Å². The second kappa shape index (κ2) is 8.65. The van der Waals surface area contributed by atoms with Crippen LogP contribution in [0.4, 0.5) is 5.69 Å². The molecule has 1 amide bonds. The molecule has 3 rings (SSSR count). The zero-order chi connectivity index (χ0) is 20.1. The lowest BCUT2D eigenvalue weighted by molar-refractivity contribution is -0.113. The molecule has 0 aliphatic heterocycles. The number of methoxy groups -OCH3 is 1. The topological polar surface area (TPSA) is 119 Å². The van der Waals surface area contributed by atoms with Gasteiger partial charge >= 0.3 is 0 Å². The molecule has 0 spiro atoms. The fourth-order valence-electron chi connectivity index (χ4n) is 2.41. The standard InChI is InChI=1S/C18H15ClN6O2S/c1-27-15-6-5-12(19)8-14(15)17-23-24-18(25(17)21)28-10-16(26)22-13-4-2-3-11(7-13)9-20/h2-8H,10,21H2,1H3,(H,22,26). The molecule has 0 bridgehead atoms. The molecule has 3 N–H and O–H groups in total. The molecule has 1 heterocycles. The highest BCUT2D eigenvalue weighted by Crippen LogP contribution is 2.32. The summed E-state index contributed by atoms with van der Waals surface area (Å²) >= 11 is 7.18.